The molecule has 1 atom stereocenters. The number of anilines is 1. The van der Waals surface area contributed by atoms with Crippen molar-refractivity contribution in [2.75, 3.05) is 26.1 Å². The van der Waals surface area contributed by atoms with Crippen LogP contribution < -0.4 is 14.8 Å². The van der Waals surface area contributed by atoms with Crippen LogP contribution in [0.3, 0.4) is 0 Å². The number of carbonyl (C=O) groups is 1. The molecule has 2 heterocycles. The number of fused-ring (bicyclic) bond motifs is 1. The lowest BCUT2D eigenvalue weighted by Crippen LogP contribution is -2.43. The summed E-state index contributed by atoms with van der Waals surface area (Å²) in [7, 11) is 3.25. The molecule has 0 radical (unpaired) electrons. The van der Waals surface area contributed by atoms with Crippen molar-refractivity contribution in [2.24, 2.45) is 0 Å². The molecule has 6 heteroatoms. The van der Waals surface area contributed by atoms with E-state index in [1.807, 2.05) is 59.5 Å². The molecule has 1 N–H and O–H groups in total. The van der Waals surface area contributed by atoms with Crippen LogP contribution in [0, 0.1) is 0 Å². The first-order valence-electron chi connectivity index (χ1n) is 9.49. The van der Waals surface area contributed by atoms with Crippen LogP contribution in [0.1, 0.15) is 22.7 Å². The van der Waals surface area contributed by atoms with E-state index in [1.165, 1.54) is 0 Å². The van der Waals surface area contributed by atoms with Gasteiger partial charge in [0, 0.05) is 12.7 Å². The number of benzene rings is 2. The van der Waals surface area contributed by atoms with Crippen molar-refractivity contribution < 1.29 is 14.3 Å². The van der Waals surface area contributed by atoms with Gasteiger partial charge < -0.3 is 14.4 Å². The molecule has 1 aliphatic rings. The Morgan fingerprint density at radius 1 is 1.03 bits per heavy atom. The van der Waals surface area contributed by atoms with Gasteiger partial charge in [0.2, 0.25) is 0 Å². The number of urea groups is 1. The number of amides is 2. The molecule has 0 unspecified atom stereocenters. The molecular formula is C23H23N3O3. The third-order valence-electron chi connectivity index (χ3n) is 5.15. The Morgan fingerprint density at radius 2 is 1.76 bits per heavy atom. The van der Waals surface area contributed by atoms with E-state index in [0.29, 0.717) is 23.9 Å². The highest BCUT2D eigenvalue weighted by atomic mass is 16.5. The van der Waals surface area contributed by atoms with Crippen molar-refractivity contribution in [2.45, 2.75) is 12.5 Å². The molecule has 0 bridgehead atoms. The van der Waals surface area contributed by atoms with Crippen molar-refractivity contribution >= 4 is 11.8 Å². The van der Waals surface area contributed by atoms with Gasteiger partial charge in [-0.3, -0.25) is 5.32 Å². The van der Waals surface area contributed by atoms with Crippen LogP contribution in [0.15, 0.2) is 66.9 Å². The Labute approximate surface area is 170 Å². The van der Waals surface area contributed by atoms with E-state index in [-0.39, 0.29) is 12.1 Å². The van der Waals surface area contributed by atoms with Crippen molar-refractivity contribution in [1.82, 2.24) is 9.88 Å². The predicted molar refractivity (Wildman–Crippen MR) is 111 cm³/mol. The van der Waals surface area contributed by atoms with E-state index < -0.39 is 0 Å². The summed E-state index contributed by atoms with van der Waals surface area (Å²) in [6.45, 7) is 0.584. The van der Waals surface area contributed by atoms with E-state index >= 15 is 0 Å². The van der Waals surface area contributed by atoms with Crippen LogP contribution in [0.2, 0.25) is 0 Å². The predicted octanol–water partition coefficient (Wildman–Crippen LogP) is 4.28. The zero-order chi connectivity index (χ0) is 20.2. The van der Waals surface area contributed by atoms with Gasteiger partial charge in [-0.25, -0.2) is 9.78 Å². The van der Waals surface area contributed by atoms with Crippen LogP contribution in [0.25, 0.3) is 0 Å². The number of aromatic nitrogens is 1. The summed E-state index contributed by atoms with van der Waals surface area (Å²) in [6.07, 6.45) is 2.39. The number of methoxy groups -OCH3 is 2. The first-order chi connectivity index (χ1) is 14.2. The molecule has 3 aromatic rings. The molecule has 1 aromatic heterocycles. The maximum Gasteiger partial charge on any atom is 0.323 e. The lowest BCUT2D eigenvalue weighted by Gasteiger charge is -2.38. The van der Waals surface area contributed by atoms with Crippen molar-refractivity contribution in [3.8, 4) is 11.5 Å². The molecule has 0 aliphatic carbocycles. The molecule has 0 spiro atoms. The summed E-state index contributed by atoms with van der Waals surface area (Å²) in [5, 5.41) is 2.91. The lowest BCUT2D eigenvalue weighted by molar-refractivity contribution is 0.193. The number of hydrogen-bond acceptors (Lipinski definition) is 4. The third-order valence-corrected chi connectivity index (χ3v) is 5.15. The number of nitrogens with zero attached hydrogens (tertiary/aromatic N) is 2. The van der Waals surface area contributed by atoms with Gasteiger partial charge in [-0.15, -0.1) is 0 Å². The van der Waals surface area contributed by atoms with Gasteiger partial charge in [0.15, 0.2) is 11.5 Å². The van der Waals surface area contributed by atoms with Gasteiger partial charge in [0.25, 0.3) is 0 Å². The highest BCUT2D eigenvalue weighted by Crippen LogP contribution is 2.41. The first kappa shape index (κ1) is 18.8. The van der Waals surface area contributed by atoms with Crippen molar-refractivity contribution in [3.63, 3.8) is 0 Å². The lowest BCUT2D eigenvalue weighted by atomic mass is 9.88. The van der Waals surface area contributed by atoms with E-state index in [1.54, 1.807) is 26.5 Å². The van der Waals surface area contributed by atoms with E-state index in [2.05, 4.69) is 10.3 Å². The SMILES string of the molecule is COc1cc2c(cc1OC)[C@@H](c1ccccc1)N(C(=O)Nc1ccccn1)CC2. The van der Waals surface area contributed by atoms with E-state index in [0.717, 1.165) is 23.1 Å². The maximum atomic E-state index is 13.2. The van der Waals surface area contributed by atoms with Crippen molar-refractivity contribution in [3.05, 3.63) is 83.6 Å². The maximum absolute atomic E-state index is 13.2. The van der Waals surface area contributed by atoms with Crippen LogP contribution in [0.5, 0.6) is 11.5 Å². The smallest absolute Gasteiger partial charge is 0.323 e. The molecule has 0 saturated carbocycles. The van der Waals surface area contributed by atoms with Gasteiger partial charge in [-0.1, -0.05) is 36.4 Å². The second-order valence-electron chi connectivity index (χ2n) is 6.81. The zero-order valence-electron chi connectivity index (χ0n) is 16.5. The Balaban J connectivity index is 1.76. The average molecular weight is 389 g/mol. The minimum Gasteiger partial charge on any atom is -0.493 e. The third kappa shape index (κ3) is 3.74. The van der Waals surface area contributed by atoms with Gasteiger partial charge in [-0.2, -0.15) is 0 Å². The van der Waals surface area contributed by atoms with Crippen LogP contribution in [-0.2, 0) is 6.42 Å². The largest absolute Gasteiger partial charge is 0.493 e. The summed E-state index contributed by atoms with van der Waals surface area (Å²) in [4.78, 5) is 19.2. The fraction of sp³-hybridized carbons (Fsp3) is 0.217. The van der Waals surface area contributed by atoms with E-state index in [9.17, 15) is 4.79 Å². The van der Waals surface area contributed by atoms with Crippen LogP contribution in [0.4, 0.5) is 10.6 Å². The van der Waals surface area contributed by atoms with Crippen LogP contribution in [-0.4, -0.2) is 36.7 Å². The van der Waals surface area contributed by atoms with Gasteiger partial charge >= 0.3 is 6.03 Å². The Bertz CT molecular complexity index is 993. The summed E-state index contributed by atoms with van der Waals surface area (Å²) < 4.78 is 11.0. The topological polar surface area (TPSA) is 63.7 Å². The van der Waals surface area contributed by atoms with E-state index in [4.69, 9.17) is 9.47 Å². The summed E-state index contributed by atoms with van der Waals surface area (Å²) >= 11 is 0. The average Bonchev–Trinajstić information content (AvgIpc) is 2.78. The molecule has 0 fully saturated rings. The number of hydrogen-bond donors (Lipinski definition) is 1. The second kappa shape index (κ2) is 8.22. The molecule has 29 heavy (non-hydrogen) atoms. The number of pyridine rings is 1. The number of carbonyl (C=O) groups excluding carboxylic acids is 1. The van der Waals surface area contributed by atoms with Crippen LogP contribution >= 0.6 is 0 Å². The molecule has 1 aliphatic heterocycles. The fourth-order valence-electron chi connectivity index (χ4n) is 3.78. The van der Waals surface area contributed by atoms with Crippen molar-refractivity contribution in [1.29, 1.82) is 0 Å². The number of nitrogens with one attached hydrogen (secondary N) is 1. The standard InChI is InChI=1S/C23H23N3O3/c1-28-19-14-17-11-13-26(23(27)25-21-10-6-7-12-24-21)22(16-8-4-3-5-9-16)18(17)15-20(19)29-2/h3-10,12,14-15,22H,11,13H2,1-2H3,(H,24,25,27)/t22-/m1/s1. The molecule has 2 amide bonds. The normalized spacial score (nSPS) is 15.4. The molecule has 6 nitrogen and oxygen atoms in total. The quantitative estimate of drug-likeness (QED) is 0.723. The zero-order valence-corrected chi connectivity index (χ0v) is 16.5. The molecular weight excluding hydrogens is 366 g/mol. The van der Waals surface area contributed by atoms with Gasteiger partial charge in [0.05, 0.1) is 20.3 Å². The molecule has 4 rings (SSSR count). The highest BCUT2D eigenvalue weighted by molar-refractivity contribution is 5.89. The highest BCUT2D eigenvalue weighted by Gasteiger charge is 2.33. The first-order valence-corrected chi connectivity index (χ1v) is 9.49. The minimum atomic E-state index is -0.233. The summed E-state index contributed by atoms with van der Waals surface area (Å²) in [5.74, 6) is 1.88. The molecule has 148 valence electrons. The Hall–Kier alpha value is -3.54. The van der Waals surface area contributed by atoms with Gasteiger partial charge in [-0.05, 0) is 47.4 Å². The monoisotopic (exact) mass is 389 g/mol. The number of rotatable bonds is 4. The molecule has 2 aromatic carbocycles. The Morgan fingerprint density at radius 3 is 2.45 bits per heavy atom. The minimum absolute atomic E-state index is 0.182. The Kier molecular flexibility index (Phi) is 5.33. The fourth-order valence-corrected chi connectivity index (χ4v) is 3.78. The summed E-state index contributed by atoms with van der Waals surface area (Å²) in [6, 6.07) is 19.0. The second-order valence-corrected chi connectivity index (χ2v) is 6.81. The van der Waals surface area contributed by atoms with Gasteiger partial charge in [0.1, 0.15) is 5.82 Å². The molecule has 0 saturated heterocycles. The number of ether oxygens (including phenoxy) is 2. The summed E-state index contributed by atoms with van der Waals surface area (Å²) in [5.41, 5.74) is 3.23.